The Morgan fingerprint density at radius 3 is 2.40 bits per heavy atom. The largest absolute Gasteiger partial charge is 0.497 e. The molecular formula is C23H32N4O3. The Kier molecular flexibility index (Phi) is 8.80. The van der Waals surface area contributed by atoms with E-state index < -0.39 is 0 Å². The van der Waals surface area contributed by atoms with Crippen LogP contribution < -0.4 is 20.1 Å². The third kappa shape index (κ3) is 6.64. The minimum atomic E-state index is 0.268. The number of nitrogens with zero attached hydrogens (tertiary/aromatic N) is 2. The number of hydrogen-bond donors (Lipinski definition) is 2. The summed E-state index contributed by atoms with van der Waals surface area (Å²) < 4.78 is 16.5. The molecule has 30 heavy (non-hydrogen) atoms. The van der Waals surface area contributed by atoms with E-state index in [1.165, 1.54) is 5.56 Å². The summed E-state index contributed by atoms with van der Waals surface area (Å²) in [6, 6.07) is 18.4. The van der Waals surface area contributed by atoms with Gasteiger partial charge in [-0.3, -0.25) is 9.89 Å². The molecule has 2 aromatic rings. The molecule has 0 spiro atoms. The van der Waals surface area contributed by atoms with Gasteiger partial charge in [-0.2, -0.15) is 0 Å². The van der Waals surface area contributed by atoms with Gasteiger partial charge in [0.05, 0.1) is 32.9 Å². The van der Waals surface area contributed by atoms with E-state index >= 15 is 0 Å². The highest BCUT2D eigenvalue weighted by Crippen LogP contribution is 2.21. The fourth-order valence-electron chi connectivity index (χ4n) is 3.45. The predicted molar refractivity (Wildman–Crippen MR) is 119 cm³/mol. The smallest absolute Gasteiger partial charge is 0.191 e. The predicted octanol–water partition coefficient (Wildman–Crippen LogP) is 2.31. The normalized spacial score (nSPS) is 16.0. The molecule has 0 amide bonds. The second-order valence-electron chi connectivity index (χ2n) is 6.98. The second-order valence-corrected chi connectivity index (χ2v) is 6.98. The van der Waals surface area contributed by atoms with Gasteiger partial charge in [-0.05, 0) is 29.8 Å². The van der Waals surface area contributed by atoms with E-state index in [2.05, 4.69) is 50.9 Å². The number of methoxy groups -OCH3 is 1. The van der Waals surface area contributed by atoms with Crippen molar-refractivity contribution in [2.45, 2.75) is 6.04 Å². The van der Waals surface area contributed by atoms with E-state index in [1.54, 1.807) is 14.2 Å². The fraction of sp³-hybridized carbons (Fsp3) is 0.435. The number of guanidine groups is 1. The van der Waals surface area contributed by atoms with Gasteiger partial charge < -0.3 is 24.8 Å². The van der Waals surface area contributed by atoms with Crippen molar-refractivity contribution >= 4 is 5.96 Å². The molecule has 3 rings (SSSR count). The first kappa shape index (κ1) is 21.9. The van der Waals surface area contributed by atoms with E-state index in [9.17, 15) is 0 Å². The van der Waals surface area contributed by atoms with Crippen molar-refractivity contribution in [1.82, 2.24) is 15.5 Å². The topological polar surface area (TPSA) is 67.4 Å². The molecule has 0 saturated carbocycles. The third-order valence-electron chi connectivity index (χ3n) is 5.08. The van der Waals surface area contributed by atoms with Gasteiger partial charge in [-0.1, -0.05) is 30.3 Å². The summed E-state index contributed by atoms with van der Waals surface area (Å²) in [7, 11) is 3.44. The van der Waals surface area contributed by atoms with Crippen molar-refractivity contribution in [1.29, 1.82) is 0 Å². The zero-order valence-electron chi connectivity index (χ0n) is 17.8. The molecular weight excluding hydrogens is 380 g/mol. The van der Waals surface area contributed by atoms with Crippen molar-refractivity contribution in [3.8, 4) is 11.5 Å². The molecule has 0 bridgehead atoms. The Bertz CT molecular complexity index is 762. The maximum Gasteiger partial charge on any atom is 0.191 e. The maximum atomic E-state index is 5.77. The zero-order valence-corrected chi connectivity index (χ0v) is 17.8. The highest BCUT2D eigenvalue weighted by atomic mass is 16.5. The zero-order chi connectivity index (χ0) is 21.0. The lowest BCUT2D eigenvalue weighted by atomic mass is 10.0. The van der Waals surface area contributed by atoms with E-state index in [1.807, 2.05) is 24.3 Å². The van der Waals surface area contributed by atoms with Crippen LogP contribution in [0.3, 0.4) is 0 Å². The molecule has 0 aromatic heterocycles. The number of morpholine rings is 1. The summed E-state index contributed by atoms with van der Waals surface area (Å²) >= 11 is 0. The average Bonchev–Trinajstić information content (AvgIpc) is 2.82. The Morgan fingerprint density at radius 2 is 1.73 bits per heavy atom. The molecule has 1 saturated heterocycles. The molecule has 1 aliphatic rings. The molecule has 1 heterocycles. The Labute approximate surface area is 179 Å². The van der Waals surface area contributed by atoms with Gasteiger partial charge in [-0.15, -0.1) is 0 Å². The molecule has 1 unspecified atom stereocenters. The van der Waals surface area contributed by atoms with Crippen molar-refractivity contribution in [3.05, 3.63) is 60.2 Å². The first-order chi connectivity index (χ1) is 14.8. The van der Waals surface area contributed by atoms with E-state index in [0.29, 0.717) is 13.2 Å². The number of nitrogens with one attached hydrogen (secondary N) is 2. The molecule has 0 radical (unpaired) electrons. The second kappa shape index (κ2) is 12.0. The van der Waals surface area contributed by atoms with Crippen molar-refractivity contribution in [2.24, 2.45) is 4.99 Å². The number of ether oxygens (including phenoxy) is 3. The van der Waals surface area contributed by atoms with Crippen LogP contribution >= 0.6 is 0 Å². The minimum absolute atomic E-state index is 0.268. The highest BCUT2D eigenvalue weighted by molar-refractivity contribution is 5.79. The fourth-order valence-corrected chi connectivity index (χ4v) is 3.45. The van der Waals surface area contributed by atoms with Gasteiger partial charge in [0.25, 0.3) is 0 Å². The van der Waals surface area contributed by atoms with Crippen molar-refractivity contribution in [2.75, 3.05) is 60.2 Å². The number of rotatable bonds is 9. The van der Waals surface area contributed by atoms with E-state index in [0.717, 1.165) is 50.3 Å². The van der Waals surface area contributed by atoms with Crippen LogP contribution in [-0.4, -0.2) is 71.0 Å². The average molecular weight is 413 g/mol. The molecule has 0 aliphatic carbocycles. The molecule has 7 heteroatoms. The standard InChI is InChI=1S/C23H32N4O3/c1-24-23(25-12-15-30-21-10-8-20(28-2)9-11-21)26-18-22(19-6-4-3-5-7-19)27-13-16-29-17-14-27/h3-11,22H,12-18H2,1-2H3,(H2,24,25,26). The third-order valence-corrected chi connectivity index (χ3v) is 5.08. The molecule has 1 fully saturated rings. The number of aliphatic imine (C=N–C) groups is 1. The summed E-state index contributed by atoms with van der Waals surface area (Å²) in [5.41, 5.74) is 1.30. The SMILES string of the molecule is CN=C(NCCOc1ccc(OC)cc1)NCC(c1ccccc1)N1CCOCC1. The minimum Gasteiger partial charge on any atom is -0.497 e. The van der Waals surface area contributed by atoms with Crippen LogP contribution in [0.1, 0.15) is 11.6 Å². The van der Waals surface area contributed by atoms with Gasteiger partial charge in [0, 0.05) is 26.7 Å². The molecule has 7 nitrogen and oxygen atoms in total. The van der Waals surface area contributed by atoms with Crippen LogP contribution in [0.5, 0.6) is 11.5 Å². The van der Waals surface area contributed by atoms with Gasteiger partial charge in [0.15, 0.2) is 5.96 Å². The van der Waals surface area contributed by atoms with Gasteiger partial charge in [-0.25, -0.2) is 0 Å². The Morgan fingerprint density at radius 1 is 1.03 bits per heavy atom. The highest BCUT2D eigenvalue weighted by Gasteiger charge is 2.22. The van der Waals surface area contributed by atoms with Crippen LogP contribution in [0, 0.1) is 0 Å². The van der Waals surface area contributed by atoms with Crippen molar-refractivity contribution < 1.29 is 14.2 Å². The van der Waals surface area contributed by atoms with Gasteiger partial charge in [0.1, 0.15) is 18.1 Å². The summed E-state index contributed by atoms with van der Waals surface area (Å²) in [5.74, 6) is 2.40. The summed E-state index contributed by atoms with van der Waals surface area (Å²) in [6.07, 6.45) is 0. The Hall–Kier alpha value is -2.77. The number of hydrogen-bond acceptors (Lipinski definition) is 5. The first-order valence-corrected chi connectivity index (χ1v) is 10.4. The van der Waals surface area contributed by atoms with Gasteiger partial charge in [0.2, 0.25) is 0 Å². The van der Waals surface area contributed by atoms with Gasteiger partial charge >= 0.3 is 0 Å². The van der Waals surface area contributed by atoms with Crippen LogP contribution in [0.4, 0.5) is 0 Å². The quantitative estimate of drug-likeness (QED) is 0.374. The Balaban J connectivity index is 1.47. The van der Waals surface area contributed by atoms with Crippen LogP contribution in [0.25, 0.3) is 0 Å². The lowest BCUT2D eigenvalue weighted by Crippen LogP contribution is -2.46. The maximum absolute atomic E-state index is 5.77. The molecule has 2 N–H and O–H groups in total. The van der Waals surface area contributed by atoms with E-state index in [-0.39, 0.29) is 6.04 Å². The first-order valence-electron chi connectivity index (χ1n) is 10.4. The molecule has 1 aliphatic heterocycles. The van der Waals surface area contributed by atoms with E-state index in [4.69, 9.17) is 14.2 Å². The summed E-state index contributed by atoms with van der Waals surface area (Å²) in [5, 5.41) is 6.78. The van der Waals surface area contributed by atoms with Crippen LogP contribution in [-0.2, 0) is 4.74 Å². The lowest BCUT2D eigenvalue weighted by molar-refractivity contribution is 0.0170. The molecule has 2 aromatic carbocycles. The summed E-state index contributed by atoms with van der Waals surface area (Å²) in [4.78, 5) is 6.81. The van der Waals surface area contributed by atoms with Crippen LogP contribution in [0.15, 0.2) is 59.6 Å². The molecule has 1 atom stereocenters. The van der Waals surface area contributed by atoms with Crippen LogP contribution in [0.2, 0.25) is 0 Å². The number of benzene rings is 2. The molecule has 162 valence electrons. The summed E-state index contributed by atoms with van der Waals surface area (Å²) in [6.45, 7) is 5.38. The monoisotopic (exact) mass is 412 g/mol. The van der Waals surface area contributed by atoms with Crippen molar-refractivity contribution in [3.63, 3.8) is 0 Å². The lowest BCUT2D eigenvalue weighted by Gasteiger charge is -2.35.